The summed E-state index contributed by atoms with van der Waals surface area (Å²) in [6.07, 6.45) is 3.38. The van der Waals surface area contributed by atoms with Gasteiger partial charge < -0.3 is 5.32 Å². The molecule has 3 nitrogen and oxygen atoms in total. The van der Waals surface area contributed by atoms with Crippen LogP contribution in [0.2, 0.25) is 5.02 Å². The minimum absolute atomic E-state index is 0.316. The summed E-state index contributed by atoms with van der Waals surface area (Å²) in [5.41, 5.74) is 0.423. The van der Waals surface area contributed by atoms with Gasteiger partial charge >= 0.3 is 0 Å². The molecule has 1 fully saturated rings. The third kappa shape index (κ3) is 3.29. The second kappa shape index (κ2) is 5.53. The molecule has 1 heterocycles. The molecule has 1 aromatic heterocycles. The first-order valence-corrected chi connectivity index (χ1v) is 7.43. The van der Waals surface area contributed by atoms with Crippen molar-refractivity contribution in [2.45, 2.75) is 25.3 Å². The fraction of sp³-hybridized carbons (Fsp3) is 0.385. The van der Waals surface area contributed by atoms with Gasteiger partial charge in [0.2, 0.25) is 0 Å². The van der Waals surface area contributed by atoms with Crippen molar-refractivity contribution in [3.05, 3.63) is 34.0 Å². The van der Waals surface area contributed by atoms with Crippen molar-refractivity contribution < 1.29 is 4.39 Å². The van der Waals surface area contributed by atoms with E-state index in [1.807, 2.05) is 0 Å². The maximum atomic E-state index is 13.7. The summed E-state index contributed by atoms with van der Waals surface area (Å²) in [6, 6.07) is 5.16. The van der Waals surface area contributed by atoms with Crippen LogP contribution in [-0.4, -0.2) is 22.8 Å². The standard InChI is InChI=1S/C13H13ClFN3S/c14-8-1-4-11(15)10(7-8)13-18-17-12(19-13)5-6-16-9-2-3-9/h1,4,7,9,16H,2-3,5-6H2. The third-order valence-electron chi connectivity index (χ3n) is 2.97. The van der Waals surface area contributed by atoms with Gasteiger partial charge in [0.15, 0.2) is 5.01 Å². The third-order valence-corrected chi connectivity index (χ3v) is 4.23. The lowest BCUT2D eigenvalue weighted by Gasteiger charge is -1.99. The van der Waals surface area contributed by atoms with Crippen LogP contribution in [0, 0.1) is 5.82 Å². The highest BCUT2D eigenvalue weighted by molar-refractivity contribution is 7.14. The van der Waals surface area contributed by atoms with Crippen molar-refractivity contribution in [3.63, 3.8) is 0 Å². The highest BCUT2D eigenvalue weighted by Gasteiger charge is 2.20. The Hall–Kier alpha value is -1.04. The number of hydrogen-bond donors (Lipinski definition) is 1. The van der Waals surface area contributed by atoms with Crippen molar-refractivity contribution >= 4 is 22.9 Å². The van der Waals surface area contributed by atoms with E-state index in [1.54, 1.807) is 6.07 Å². The highest BCUT2D eigenvalue weighted by atomic mass is 35.5. The van der Waals surface area contributed by atoms with E-state index in [0.717, 1.165) is 18.0 Å². The summed E-state index contributed by atoms with van der Waals surface area (Å²) in [5.74, 6) is -0.316. The lowest BCUT2D eigenvalue weighted by Crippen LogP contribution is -2.19. The second-order valence-corrected chi connectivity index (χ2v) is 6.10. The Bertz CT molecular complexity index is 583. The van der Waals surface area contributed by atoms with E-state index in [9.17, 15) is 4.39 Å². The molecule has 6 heteroatoms. The lowest BCUT2D eigenvalue weighted by atomic mass is 10.2. The molecular weight excluding hydrogens is 285 g/mol. The molecule has 100 valence electrons. The minimum atomic E-state index is -0.316. The minimum Gasteiger partial charge on any atom is -0.314 e. The number of aromatic nitrogens is 2. The zero-order valence-electron chi connectivity index (χ0n) is 10.2. The van der Waals surface area contributed by atoms with Gasteiger partial charge in [0, 0.05) is 29.6 Å². The van der Waals surface area contributed by atoms with Crippen LogP contribution in [0.25, 0.3) is 10.6 Å². The second-order valence-electron chi connectivity index (χ2n) is 4.60. The van der Waals surface area contributed by atoms with Gasteiger partial charge in [0.25, 0.3) is 0 Å². The molecule has 2 aromatic rings. The number of rotatable bonds is 5. The average Bonchev–Trinajstić information content (AvgIpc) is 3.10. The van der Waals surface area contributed by atoms with Gasteiger partial charge in [-0.25, -0.2) is 4.39 Å². The first kappa shape index (κ1) is 13.0. The van der Waals surface area contributed by atoms with Crippen molar-refractivity contribution in [2.75, 3.05) is 6.54 Å². The van der Waals surface area contributed by atoms with E-state index in [1.165, 1.54) is 36.3 Å². The average molecular weight is 298 g/mol. The van der Waals surface area contributed by atoms with E-state index in [4.69, 9.17) is 11.6 Å². The molecule has 0 bridgehead atoms. The zero-order valence-corrected chi connectivity index (χ0v) is 11.8. The van der Waals surface area contributed by atoms with Crippen LogP contribution >= 0.6 is 22.9 Å². The fourth-order valence-corrected chi connectivity index (χ4v) is 2.82. The lowest BCUT2D eigenvalue weighted by molar-refractivity contribution is 0.631. The van der Waals surface area contributed by atoms with Crippen LogP contribution in [0.1, 0.15) is 17.8 Å². The van der Waals surface area contributed by atoms with Crippen LogP contribution in [0.4, 0.5) is 4.39 Å². The largest absolute Gasteiger partial charge is 0.314 e. The molecule has 1 saturated carbocycles. The smallest absolute Gasteiger partial charge is 0.150 e. The molecule has 0 aliphatic heterocycles. The SMILES string of the molecule is Fc1ccc(Cl)cc1-c1nnc(CCNC2CC2)s1. The fourth-order valence-electron chi connectivity index (χ4n) is 1.80. The first-order valence-electron chi connectivity index (χ1n) is 6.23. The van der Waals surface area contributed by atoms with Crippen molar-refractivity contribution in [1.29, 1.82) is 0 Å². The Kier molecular flexibility index (Phi) is 3.77. The number of nitrogens with zero attached hydrogens (tertiary/aromatic N) is 2. The van der Waals surface area contributed by atoms with E-state index in [2.05, 4.69) is 15.5 Å². The number of hydrogen-bond acceptors (Lipinski definition) is 4. The quantitative estimate of drug-likeness (QED) is 0.920. The highest BCUT2D eigenvalue weighted by Crippen LogP contribution is 2.28. The Morgan fingerprint density at radius 3 is 3.00 bits per heavy atom. The Balaban J connectivity index is 1.70. The van der Waals surface area contributed by atoms with Gasteiger partial charge in [0.1, 0.15) is 10.8 Å². The van der Waals surface area contributed by atoms with Crippen molar-refractivity contribution in [1.82, 2.24) is 15.5 Å². The Labute approximate surface area is 119 Å². The molecule has 0 saturated heterocycles. The van der Waals surface area contributed by atoms with Gasteiger partial charge in [-0.05, 0) is 31.0 Å². The first-order chi connectivity index (χ1) is 9.22. The monoisotopic (exact) mass is 297 g/mol. The summed E-state index contributed by atoms with van der Waals surface area (Å²) in [5, 5.41) is 13.6. The molecule has 1 aliphatic rings. The molecule has 0 atom stereocenters. The van der Waals surface area contributed by atoms with Crippen molar-refractivity contribution in [2.24, 2.45) is 0 Å². The van der Waals surface area contributed by atoms with Crippen LogP contribution in [0.5, 0.6) is 0 Å². The van der Waals surface area contributed by atoms with E-state index in [0.29, 0.717) is 21.6 Å². The van der Waals surface area contributed by atoms with Crippen molar-refractivity contribution in [3.8, 4) is 10.6 Å². The predicted molar refractivity (Wildman–Crippen MR) is 75.0 cm³/mol. The molecule has 0 radical (unpaired) electrons. The Morgan fingerprint density at radius 2 is 2.21 bits per heavy atom. The zero-order chi connectivity index (χ0) is 13.2. The normalized spacial score (nSPS) is 14.8. The van der Waals surface area contributed by atoms with E-state index >= 15 is 0 Å². The Morgan fingerprint density at radius 1 is 1.37 bits per heavy atom. The summed E-state index contributed by atoms with van der Waals surface area (Å²) < 4.78 is 13.7. The maximum Gasteiger partial charge on any atom is 0.150 e. The maximum absolute atomic E-state index is 13.7. The van der Waals surface area contributed by atoms with Crippen LogP contribution < -0.4 is 5.32 Å². The van der Waals surface area contributed by atoms with Crippen LogP contribution in [0.3, 0.4) is 0 Å². The molecule has 3 rings (SSSR count). The van der Waals surface area contributed by atoms with Crippen LogP contribution in [0.15, 0.2) is 18.2 Å². The molecule has 1 aliphatic carbocycles. The molecule has 0 spiro atoms. The van der Waals surface area contributed by atoms with Gasteiger partial charge in [-0.2, -0.15) is 0 Å². The predicted octanol–water partition coefficient (Wildman–Crippen LogP) is 3.29. The molecule has 19 heavy (non-hydrogen) atoms. The molecular formula is C13H13ClFN3S. The van der Waals surface area contributed by atoms with Crippen LogP contribution in [-0.2, 0) is 6.42 Å². The molecule has 1 N–H and O–H groups in total. The summed E-state index contributed by atoms with van der Waals surface area (Å²) in [7, 11) is 0. The van der Waals surface area contributed by atoms with E-state index < -0.39 is 0 Å². The summed E-state index contributed by atoms with van der Waals surface area (Å²) >= 11 is 7.30. The molecule has 0 amide bonds. The number of halogens is 2. The molecule has 0 unspecified atom stereocenters. The number of nitrogens with one attached hydrogen (secondary N) is 1. The van der Waals surface area contributed by atoms with Gasteiger partial charge in [0.05, 0.1) is 0 Å². The number of benzene rings is 1. The summed E-state index contributed by atoms with van der Waals surface area (Å²) in [6.45, 7) is 0.900. The topological polar surface area (TPSA) is 37.8 Å². The van der Waals surface area contributed by atoms with Gasteiger partial charge in [-0.15, -0.1) is 10.2 Å². The van der Waals surface area contributed by atoms with Gasteiger partial charge in [-0.3, -0.25) is 0 Å². The summed E-state index contributed by atoms with van der Waals surface area (Å²) in [4.78, 5) is 0. The van der Waals surface area contributed by atoms with E-state index in [-0.39, 0.29) is 5.82 Å². The molecule has 1 aromatic carbocycles. The van der Waals surface area contributed by atoms with Gasteiger partial charge in [-0.1, -0.05) is 22.9 Å².